The number of rotatable bonds is 3. The Balaban J connectivity index is 3.04. The molecule has 0 aromatic rings. The van der Waals surface area contributed by atoms with Crippen molar-refractivity contribution in [1.29, 1.82) is 0 Å². The van der Waals surface area contributed by atoms with E-state index in [2.05, 4.69) is 15.0 Å². The zero-order chi connectivity index (χ0) is 15.1. The SMILES string of the molecule is CC1(N=C=O)CCCC(N=C=O)CC(C)(N=C=O)CC1. The molecule has 0 bridgehead atoms. The summed E-state index contributed by atoms with van der Waals surface area (Å²) in [5.41, 5.74) is -1.14. The van der Waals surface area contributed by atoms with Crippen LogP contribution < -0.4 is 0 Å². The van der Waals surface area contributed by atoms with Crippen LogP contribution >= 0.6 is 0 Å². The second-order valence-electron chi connectivity index (χ2n) is 5.87. The summed E-state index contributed by atoms with van der Waals surface area (Å²) in [6.45, 7) is 3.73. The summed E-state index contributed by atoms with van der Waals surface area (Å²) in [6.07, 6.45) is 8.69. The predicted molar refractivity (Wildman–Crippen MR) is 72.7 cm³/mol. The van der Waals surface area contributed by atoms with Crippen LogP contribution in [0.5, 0.6) is 0 Å². The van der Waals surface area contributed by atoms with Gasteiger partial charge in [-0.25, -0.2) is 19.4 Å². The van der Waals surface area contributed by atoms with Crippen LogP contribution in [-0.4, -0.2) is 35.4 Å². The molecule has 0 aliphatic heterocycles. The zero-order valence-corrected chi connectivity index (χ0v) is 11.9. The van der Waals surface area contributed by atoms with Gasteiger partial charge in [0.05, 0.1) is 17.1 Å². The van der Waals surface area contributed by atoms with E-state index in [1.54, 1.807) is 18.2 Å². The Morgan fingerprint density at radius 3 is 2.10 bits per heavy atom. The van der Waals surface area contributed by atoms with Crippen molar-refractivity contribution in [2.24, 2.45) is 15.0 Å². The third-order valence-electron chi connectivity index (χ3n) is 4.00. The van der Waals surface area contributed by atoms with Gasteiger partial charge in [-0.3, -0.25) is 0 Å². The van der Waals surface area contributed by atoms with Gasteiger partial charge in [-0.05, 0) is 52.4 Å². The normalized spacial score (nSPS) is 34.2. The van der Waals surface area contributed by atoms with Gasteiger partial charge in [0.25, 0.3) is 0 Å². The Bertz CT molecular complexity index is 488. The third kappa shape index (κ3) is 4.67. The summed E-state index contributed by atoms with van der Waals surface area (Å²) in [5, 5.41) is 0. The van der Waals surface area contributed by atoms with E-state index in [1.807, 2.05) is 13.8 Å². The Morgan fingerprint density at radius 2 is 1.50 bits per heavy atom. The molecule has 0 heterocycles. The van der Waals surface area contributed by atoms with Crippen molar-refractivity contribution in [2.45, 2.75) is 69.5 Å². The lowest BCUT2D eigenvalue weighted by molar-refractivity contribution is 0.322. The molecule has 0 spiro atoms. The average Bonchev–Trinajstić information content (AvgIpc) is 2.42. The third-order valence-corrected chi connectivity index (χ3v) is 4.00. The molecule has 108 valence electrons. The summed E-state index contributed by atoms with van der Waals surface area (Å²) in [4.78, 5) is 43.3. The summed E-state index contributed by atoms with van der Waals surface area (Å²) in [5.74, 6) is 0. The van der Waals surface area contributed by atoms with E-state index in [1.165, 1.54) is 0 Å². The van der Waals surface area contributed by atoms with Gasteiger partial charge in [-0.1, -0.05) is 0 Å². The Morgan fingerprint density at radius 1 is 0.900 bits per heavy atom. The minimum Gasteiger partial charge on any atom is -0.211 e. The maximum absolute atomic E-state index is 10.6. The van der Waals surface area contributed by atoms with Crippen LogP contribution in [0.2, 0.25) is 0 Å². The van der Waals surface area contributed by atoms with Crippen molar-refractivity contribution in [3.05, 3.63) is 0 Å². The fourth-order valence-electron chi connectivity index (χ4n) is 2.71. The summed E-state index contributed by atoms with van der Waals surface area (Å²) < 4.78 is 0. The lowest BCUT2D eigenvalue weighted by atomic mass is 9.84. The highest BCUT2D eigenvalue weighted by Gasteiger charge is 2.34. The van der Waals surface area contributed by atoms with Gasteiger partial charge >= 0.3 is 0 Å². The lowest BCUT2D eigenvalue weighted by Crippen LogP contribution is -2.30. The number of isocyanates is 3. The topological polar surface area (TPSA) is 88.3 Å². The van der Waals surface area contributed by atoms with Gasteiger partial charge in [0, 0.05) is 0 Å². The molecule has 1 rings (SSSR count). The van der Waals surface area contributed by atoms with Crippen LogP contribution in [0.15, 0.2) is 15.0 Å². The molecule has 0 radical (unpaired) electrons. The molecule has 0 amide bonds. The summed E-state index contributed by atoms with van der Waals surface area (Å²) in [6, 6.07) is -0.211. The first-order valence-electron chi connectivity index (χ1n) is 6.72. The molecule has 1 aliphatic carbocycles. The highest BCUT2D eigenvalue weighted by Crippen LogP contribution is 2.35. The summed E-state index contributed by atoms with van der Waals surface area (Å²) in [7, 11) is 0. The average molecular weight is 277 g/mol. The first-order chi connectivity index (χ1) is 9.47. The number of hydrogen-bond donors (Lipinski definition) is 0. The van der Waals surface area contributed by atoms with Gasteiger partial charge in [-0.15, -0.1) is 0 Å². The Labute approximate surface area is 118 Å². The fraction of sp³-hybridized carbons (Fsp3) is 0.786. The minimum atomic E-state index is -0.642. The second-order valence-corrected chi connectivity index (χ2v) is 5.87. The van der Waals surface area contributed by atoms with Crippen molar-refractivity contribution in [1.82, 2.24) is 0 Å². The number of hydrogen-bond acceptors (Lipinski definition) is 6. The lowest BCUT2D eigenvalue weighted by Gasteiger charge is -2.28. The first-order valence-corrected chi connectivity index (χ1v) is 6.72. The molecule has 3 atom stereocenters. The maximum atomic E-state index is 10.6. The van der Waals surface area contributed by atoms with Gasteiger partial charge in [0.1, 0.15) is 0 Å². The highest BCUT2D eigenvalue weighted by molar-refractivity contribution is 5.36. The number of aliphatic imine (C=N–C) groups is 3. The highest BCUT2D eigenvalue weighted by atomic mass is 16.1. The summed E-state index contributed by atoms with van der Waals surface area (Å²) >= 11 is 0. The maximum Gasteiger partial charge on any atom is 0.235 e. The van der Waals surface area contributed by atoms with Crippen molar-refractivity contribution < 1.29 is 14.4 Å². The largest absolute Gasteiger partial charge is 0.235 e. The van der Waals surface area contributed by atoms with Crippen LogP contribution in [-0.2, 0) is 14.4 Å². The predicted octanol–water partition coefficient (Wildman–Crippen LogP) is 2.23. The van der Waals surface area contributed by atoms with E-state index in [0.717, 1.165) is 6.42 Å². The molecule has 1 aliphatic rings. The van der Waals surface area contributed by atoms with Crippen molar-refractivity contribution in [3.63, 3.8) is 0 Å². The Hall–Kier alpha value is -1.86. The van der Waals surface area contributed by atoms with Crippen molar-refractivity contribution >= 4 is 18.2 Å². The van der Waals surface area contributed by atoms with Crippen LogP contribution in [0.1, 0.15) is 52.4 Å². The molecule has 1 saturated carbocycles. The first kappa shape index (κ1) is 16.2. The zero-order valence-electron chi connectivity index (χ0n) is 11.9. The molecule has 20 heavy (non-hydrogen) atoms. The molecular formula is C14H19N3O3. The molecular weight excluding hydrogens is 258 g/mol. The van der Waals surface area contributed by atoms with E-state index in [9.17, 15) is 14.4 Å². The van der Waals surface area contributed by atoms with E-state index in [4.69, 9.17) is 0 Å². The van der Waals surface area contributed by atoms with Crippen LogP contribution in [0, 0.1) is 0 Å². The number of carbonyl (C=O) groups excluding carboxylic acids is 3. The molecule has 3 unspecified atom stereocenters. The smallest absolute Gasteiger partial charge is 0.211 e. The quantitative estimate of drug-likeness (QED) is 0.585. The van der Waals surface area contributed by atoms with Crippen LogP contribution in [0.3, 0.4) is 0 Å². The molecule has 0 N–H and O–H groups in total. The molecule has 6 nitrogen and oxygen atoms in total. The molecule has 0 aromatic heterocycles. The van der Waals surface area contributed by atoms with Crippen LogP contribution in [0.4, 0.5) is 0 Å². The molecule has 6 heteroatoms. The standard InChI is InChI=1S/C14H19N3O3/c1-13(16-10-19)5-3-4-12(15-9-18)8-14(2,7-6-13)17-11-20/h12H,3-8H2,1-2H3. The monoisotopic (exact) mass is 277 g/mol. The van der Waals surface area contributed by atoms with Crippen molar-refractivity contribution in [2.75, 3.05) is 0 Å². The molecule has 1 fully saturated rings. The molecule has 0 saturated heterocycles. The van der Waals surface area contributed by atoms with Gasteiger partial charge < -0.3 is 0 Å². The van der Waals surface area contributed by atoms with Gasteiger partial charge in [0.2, 0.25) is 18.2 Å². The van der Waals surface area contributed by atoms with Crippen molar-refractivity contribution in [3.8, 4) is 0 Å². The van der Waals surface area contributed by atoms with Gasteiger partial charge in [0.15, 0.2) is 0 Å². The van der Waals surface area contributed by atoms with E-state index >= 15 is 0 Å². The number of nitrogens with zero attached hydrogens (tertiary/aromatic N) is 3. The van der Waals surface area contributed by atoms with E-state index in [0.29, 0.717) is 32.1 Å². The van der Waals surface area contributed by atoms with E-state index in [-0.39, 0.29) is 6.04 Å². The second kappa shape index (κ2) is 7.06. The Kier molecular flexibility index (Phi) is 5.72. The van der Waals surface area contributed by atoms with Crippen LogP contribution in [0.25, 0.3) is 0 Å². The van der Waals surface area contributed by atoms with E-state index < -0.39 is 11.1 Å². The molecule has 0 aromatic carbocycles. The fourth-order valence-corrected chi connectivity index (χ4v) is 2.71. The van der Waals surface area contributed by atoms with Gasteiger partial charge in [-0.2, -0.15) is 9.98 Å². The minimum absolute atomic E-state index is 0.211.